The number of aliphatic hydroxyl groups is 1. The molecular formula is C15H20ClNOS. The van der Waals surface area contributed by atoms with Gasteiger partial charge in [-0.05, 0) is 17.9 Å². The van der Waals surface area contributed by atoms with Gasteiger partial charge < -0.3 is 10.4 Å². The molecule has 0 spiro atoms. The van der Waals surface area contributed by atoms with Crippen molar-refractivity contribution in [2.75, 3.05) is 13.2 Å². The molecule has 0 atom stereocenters. The van der Waals surface area contributed by atoms with Crippen LogP contribution < -0.4 is 5.32 Å². The second-order valence-corrected chi connectivity index (χ2v) is 7.09. The number of nitrogens with one attached hydrogen (secondary N) is 1. The highest BCUT2D eigenvalue weighted by Gasteiger charge is 2.17. The Morgan fingerprint density at radius 3 is 2.74 bits per heavy atom. The summed E-state index contributed by atoms with van der Waals surface area (Å²) in [5.74, 6) is 0. The van der Waals surface area contributed by atoms with Crippen molar-refractivity contribution in [2.24, 2.45) is 5.41 Å². The van der Waals surface area contributed by atoms with E-state index < -0.39 is 0 Å². The largest absolute Gasteiger partial charge is 0.396 e. The van der Waals surface area contributed by atoms with Gasteiger partial charge in [0.1, 0.15) is 0 Å². The Bertz CT molecular complexity index is 550. The zero-order valence-electron chi connectivity index (χ0n) is 11.4. The summed E-state index contributed by atoms with van der Waals surface area (Å²) in [6.45, 7) is 6.20. The quantitative estimate of drug-likeness (QED) is 0.843. The molecule has 0 saturated heterocycles. The highest BCUT2D eigenvalue weighted by Crippen LogP contribution is 2.35. The van der Waals surface area contributed by atoms with Crippen LogP contribution in [-0.2, 0) is 6.54 Å². The molecule has 19 heavy (non-hydrogen) atoms. The minimum Gasteiger partial charge on any atom is -0.396 e. The van der Waals surface area contributed by atoms with Crippen LogP contribution >= 0.6 is 22.9 Å². The van der Waals surface area contributed by atoms with E-state index in [1.165, 1.54) is 9.58 Å². The fraction of sp³-hybridized carbons (Fsp3) is 0.467. The monoisotopic (exact) mass is 297 g/mol. The van der Waals surface area contributed by atoms with Crippen molar-refractivity contribution in [1.82, 2.24) is 5.32 Å². The van der Waals surface area contributed by atoms with E-state index in [1.54, 1.807) is 11.3 Å². The molecule has 4 heteroatoms. The topological polar surface area (TPSA) is 32.3 Å². The molecule has 0 unspecified atom stereocenters. The second kappa shape index (κ2) is 6.23. The predicted octanol–water partition coefficient (Wildman–Crippen LogP) is 4.05. The van der Waals surface area contributed by atoms with Gasteiger partial charge in [0.05, 0.1) is 5.02 Å². The molecule has 0 aliphatic heterocycles. The number of rotatable bonds is 6. The number of halogens is 1. The molecule has 2 rings (SSSR count). The van der Waals surface area contributed by atoms with Gasteiger partial charge in [0.25, 0.3) is 0 Å². The lowest BCUT2D eigenvalue weighted by Crippen LogP contribution is -2.29. The molecule has 0 amide bonds. The first-order chi connectivity index (χ1) is 9.03. The van der Waals surface area contributed by atoms with Crippen molar-refractivity contribution < 1.29 is 5.11 Å². The van der Waals surface area contributed by atoms with Crippen LogP contribution in [0.2, 0.25) is 5.02 Å². The van der Waals surface area contributed by atoms with Crippen molar-refractivity contribution >= 4 is 33.0 Å². The van der Waals surface area contributed by atoms with Crippen LogP contribution in [0, 0.1) is 5.41 Å². The molecule has 2 nitrogen and oxygen atoms in total. The van der Waals surface area contributed by atoms with E-state index in [1.807, 2.05) is 12.1 Å². The van der Waals surface area contributed by atoms with Gasteiger partial charge in [-0.1, -0.05) is 43.6 Å². The number of fused-ring (bicyclic) bond motifs is 1. The minimum atomic E-state index is 0.109. The zero-order chi connectivity index (χ0) is 13.9. The summed E-state index contributed by atoms with van der Waals surface area (Å²) >= 11 is 8.14. The molecule has 1 aromatic heterocycles. The summed E-state index contributed by atoms with van der Waals surface area (Å²) in [6, 6.07) is 8.22. The third-order valence-electron chi connectivity index (χ3n) is 3.28. The first-order valence-corrected chi connectivity index (χ1v) is 7.70. The Balaban J connectivity index is 2.00. The molecule has 0 radical (unpaired) electrons. The Morgan fingerprint density at radius 1 is 1.32 bits per heavy atom. The molecule has 1 heterocycles. The molecular weight excluding hydrogens is 278 g/mol. The molecule has 0 saturated carbocycles. The molecule has 2 N–H and O–H groups in total. The van der Waals surface area contributed by atoms with E-state index in [4.69, 9.17) is 16.7 Å². The zero-order valence-corrected chi connectivity index (χ0v) is 12.9. The highest BCUT2D eigenvalue weighted by atomic mass is 35.5. The van der Waals surface area contributed by atoms with Crippen LogP contribution in [-0.4, -0.2) is 18.3 Å². The van der Waals surface area contributed by atoms with Gasteiger partial charge >= 0.3 is 0 Å². The summed E-state index contributed by atoms with van der Waals surface area (Å²) in [5.41, 5.74) is 0.109. The van der Waals surface area contributed by atoms with Gasteiger partial charge in [0.15, 0.2) is 0 Å². The SMILES string of the molecule is CC(C)(CCO)CNCc1sc2ccccc2c1Cl. The third-order valence-corrected chi connectivity index (χ3v) is 4.99. The summed E-state index contributed by atoms with van der Waals surface area (Å²) in [5, 5.41) is 14.5. The fourth-order valence-electron chi connectivity index (χ4n) is 2.08. The van der Waals surface area contributed by atoms with Crippen molar-refractivity contribution in [3.8, 4) is 0 Å². The molecule has 0 fully saturated rings. The lowest BCUT2D eigenvalue weighted by Gasteiger charge is -2.23. The van der Waals surface area contributed by atoms with Gasteiger partial charge in [0, 0.05) is 34.7 Å². The lowest BCUT2D eigenvalue weighted by molar-refractivity contribution is 0.207. The number of aliphatic hydroxyl groups excluding tert-OH is 1. The van der Waals surface area contributed by atoms with Gasteiger partial charge in [-0.25, -0.2) is 0 Å². The van der Waals surface area contributed by atoms with Crippen LogP contribution in [0.15, 0.2) is 24.3 Å². The van der Waals surface area contributed by atoms with E-state index in [9.17, 15) is 0 Å². The summed E-state index contributed by atoms with van der Waals surface area (Å²) in [6.07, 6.45) is 0.806. The van der Waals surface area contributed by atoms with E-state index in [2.05, 4.69) is 31.3 Å². The number of benzene rings is 1. The van der Waals surface area contributed by atoms with Crippen molar-refractivity contribution in [1.29, 1.82) is 0 Å². The van der Waals surface area contributed by atoms with E-state index in [-0.39, 0.29) is 12.0 Å². The highest BCUT2D eigenvalue weighted by molar-refractivity contribution is 7.19. The molecule has 1 aromatic carbocycles. The minimum absolute atomic E-state index is 0.109. The summed E-state index contributed by atoms with van der Waals surface area (Å²) in [4.78, 5) is 1.18. The fourth-order valence-corrected chi connectivity index (χ4v) is 3.55. The lowest BCUT2D eigenvalue weighted by atomic mass is 9.90. The third kappa shape index (κ3) is 3.69. The number of hydrogen-bond donors (Lipinski definition) is 2. The molecule has 0 aliphatic carbocycles. The van der Waals surface area contributed by atoms with Gasteiger partial charge in [0.2, 0.25) is 0 Å². The standard InChI is InChI=1S/C15H20ClNOS/c1-15(2,7-8-18)10-17-9-13-14(16)11-5-3-4-6-12(11)19-13/h3-6,17-18H,7-10H2,1-2H3. The summed E-state index contributed by atoms with van der Waals surface area (Å²) in [7, 11) is 0. The Hall–Kier alpha value is -0.610. The van der Waals surface area contributed by atoms with Crippen LogP contribution in [0.25, 0.3) is 10.1 Å². The van der Waals surface area contributed by atoms with Crippen LogP contribution in [0.5, 0.6) is 0 Å². The maximum Gasteiger partial charge on any atom is 0.0636 e. The second-order valence-electron chi connectivity index (χ2n) is 5.58. The average Bonchev–Trinajstić information content (AvgIpc) is 2.67. The Kier molecular flexibility index (Phi) is 4.85. The average molecular weight is 298 g/mol. The van der Waals surface area contributed by atoms with E-state index in [0.717, 1.165) is 29.9 Å². The van der Waals surface area contributed by atoms with Crippen LogP contribution in [0.1, 0.15) is 25.1 Å². The van der Waals surface area contributed by atoms with Crippen molar-refractivity contribution in [3.05, 3.63) is 34.2 Å². The van der Waals surface area contributed by atoms with Gasteiger partial charge in [-0.2, -0.15) is 0 Å². The van der Waals surface area contributed by atoms with E-state index in [0.29, 0.717) is 0 Å². The maximum absolute atomic E-state index is 9.01. The molecule has 104 valence electrons. The Labute approximate surface area is 123 Å². The Morgan fingerprint density at radius 2 is 2.05 bits per heavy atom. The predicted molar refractivity (Wildman–Crippen MR) is 84.0 cm³/mol. The summed E-state index contributed by atoms with van der Waals surface area (Å²) < 4.78 is 1.24. The maximum atomic E-state index is 9.01. The van der Waals surface area contributed by atoms with Crippen LogP contribution in [0.3, 0.4) is 0 Å². The molecule has 0 bridgehead atoms. The van der Waals surface area contributed by atoms with Crippen molar-refractivity contribution in [3.63, 3.8) is 0 Å². The van der Waals surface area contributed by atoms with Gasteiger partial charge in [-0.3, -0.25) is 0 Å². The smallest absolute Gasteiger partial charge is 0.0636 e. The molecule has 2 aromatic rings. The first kappa shape index (κ1) is 14.8. The first-order valence-electron chi connectivity index (χ1n) is 6.51. The number of thiophene rings is 1. The van der Waals surface area contributed by atoms with E-state index >= 15 is 0 Å². The van der Waals surface area contributed by atoms with Crippen LogP contribution in [0.4, 0.5) is 0 Å². The molecule has 0 aliphatic rings. The normalized spacial score (nSPS) is 12.2. The van der Waals surface area contributed by atoms with Crippen molar-refractivity contribution in [2.45, 2.75) is 26.8 Å². The van der Waals surface area contributed by atoms with Gasteiger partial charge in [-0.15, -0.1) is 11.3 Å². The number of hydrogen-bond acceptors (Lipinski definition) is 3.